The second kappa shape index (κ2) is 5.65. The normalized spacial score (nSPS) is 16.2. The van der Waals surface area contributed by atoms with Crippen LogP contribution in [-0.2, 0) is 9.53 Å². The molecule has 106 valence electrons. The molecule has 0 radical (unpaired) electrons. The van der Waals surface area contributed by atoms with E-state index in [1.807, 2.05) is 25.1 Å². The van der Waals surface area contributed by atoms with E-state index < -0.39 is 5.97 Å². The van der Waals surface area contributed by atoms with Crippen LogP contribution in [-0.4, -0.2) is 11.9 Å². The number of furan rings is 1. The van der Waals surface area contributed by atoms with Gasteiger partial charge in [-0.15, -0.1) is 0 Å². The number of hydrogen-bond acceptors (Lipinski definition) is 4. The van der Waals surface area contributed by atoms with Crippen LogP contribution >= 0.6 is 34.2 Å². The Balaban J connectivity index is 1.99. The predicted molar refractivity (Wildman–Crippen MR) is 88.2 cm³/mol. The van der Waals surface area contributed by atoms with Crippen LogP contribution in [0.25, 0.3) is 6.08 Å². The number of aryl methyl sites for hydroxylation is 1. The van der Waals surface area contributed by atoms with E-state index in [0.717, 1.165) is 9.33 Å². The van der Waals surface area contributed by atoms with Gasteiger partial charge in [-0.05, 0) is 59.8 Å². The van der Waals surface area contributed by atoms with Crippen LogP contribution in [0.4, 0.5) is 0 Å². The zero-order valence-corrected chi connectivity index (χ0v) is 13.8. The fourth-order valence-electron chi connectivity index (χ4n) is 1.85. The Morgan fingerprint density at radius 3 is 2.81 bits per heavy atom. The Hall–Kier alpha value is -1.60. The number of ether oxygens (including phenoxy) is 1. The summed E-state index contributed by atoms with van der Waals surface area (Å²) in [6, 6.07) is 9.00. The molecule has 0 unspecified atom stereocenters. The van der Waals surface area contributed by atoms with Crippen molar-refractivity contribution >= 4 is 52.1 Å². The summed E-state index contributed by atoms with van der Waals surface area (Å²) in [6.07, 6.45) is 1.55. The Morgan fingerprint density at radius 2 is 2.10 bits per heavy atom. The number of aliphatic imine (C=N–C) groups is 1. The maximum Gasteiger partial charge on any atom is 0.363 e. The Labute approximate surface area is 139 Å². The topological polar surface area (TPSA) is 51.8 Å². The van der Waals surface area contributed by atoms with Crippen LogP contribution in [0, 0.1) is 10.5 Å². The van der Waals surface area contributed by atoms with Gasteiger partial charge in [-0.3, -0.25) is 0 Å². The lowest BCUT2D eigenvalue weighted by Gasteiger charge is -2.02. The Bertz CT molecular complexity index is 792. The van der Waals surface area contributed by atoms with E-state index in [2.05, 4.69) is 27.6 Å². The summed E-state index contributed by atoms with van der Waals surface area (Å²) in [5, 5.41) is 0.483. The van der Waals surface area contributed by atoms with Crippen LogP contribution in [0.3, 0.4) is 0 Å². The number of halogens is 2. The van der Waals surface area contributed by atoms with E-state index in [4.69, 9.17) is 20.8 Å². The molecule has 0 fully saturated rings. The van der Waals surface area contributed by atoms with Crippen LogP contribution in [0.2, 0.25) is 5.02 Å². The highest BCUT2D eigenvalue weighted by Gasteiger charge is 2.26. The molecule has 4 nitrogen and oxygen atoms in total. The monoisotopic (exact) mass is 413 g/mol. The standard InChI is InChI=1S/C15H9ClINO3/c1-8-2-4-10(20-8)7-13-15(19)21-14(18-13)11-6-9(17)3-5-12(11)16/h2-7H,1H3/b13-7-. The van der Waals surface area contributed by atoms with Gasteiger partial charge in [-0.2, -0.15) is 0 Å². The Kier molecular flexibility index (Phi) is 3.86. The van der Waals surface area contributed by atoms with E-state index in [1.165, 1.54) is 0 Å². The molecule has 0 atom stereocenters. The van der Waals surface area contributed by atoms with Crippen LogP contribution in [0.5, 0.6) is 0 Å². The summed E-state index contributed by atoms with van der Waals surface area (Å²) < 4.78 is 11.6. The molecule has 0 spiro atoms. The summed E-state index contributed by atoms with van der Waals surface area (Å²) >= 11 is 8.28. The first-order chi connectivity index (χ1) is 10.0. The van der Waals surface area contributed by atoms with Crippen molar-refractivity contribution in [2.24, 2.45) is 4.99 Å². The minimum Gasteiger partial charge on any atom is -0.462 e. The number of esters is 1. The molecule has 1 aliphatic heterocycles. The third-order valence-electron chi connectivity index (χ3n) is 2.82. The molecule has 1 aliphatic rings. The molecular formula is C15H9ClINO3. The maximum absolute atomic E-state index is 11.9. The van der Waals surface area contributed by atoms with Crippen molar-refractivity contribution in [3.63, 3.8) is 0 Å². The summed E-state index contributed by atoms with van der Waals surface area (Å²) in [5.74, 6) is 1.00. The fourth-order valence-corrected chi connectivity index (χ4v) is 2.54. The molecular weight excluding hydrogens is 405 g/mol. The molecule has 0 saturated carbocycles. The van der Waals surface area contributed by atoms with Gasteiger partial charge < -0.3 is 9.15 Å². The largest absolute Gasteiger partial charge is 0.462 e. The molecule has 0 amide bonds. The molecule has 0 aliphatic carbocycles. The zero-order chi connectivity index (χ0) is 15.0. The highest BCUT2D eigenvalue weighted by Crippen LogP contribution is 2.25. The van der Waals surface area contributed by atoms with E-state index in [9.17, 15) is 4.79 Å². The van der Waals surface area contributed by atoms with E-state index >= 15 is 0 Å². The van der Waals surface area contributed by atoms with Gasteiger partial charge in [0.25, 0.3) is 0 Å². The van der Waals surface area contributed by atoms with Gasteiger partial charge >= 0.3 is 5.97 Å². The van der Waals surface area contributed by atoms with Gasteiger partial charge in [0.1, 0.15) is 11.5 Å². The molecule has 0 N–H and O–H groups in total. The van der Waals surface area contributed by atoms with Gasteiger partial charge in [-0.1, -0.05) is 11.6 Å². The first-order valence-electron chi connectivity index (χ1n) is 6.07. The predicted octanol–water partition coefficient (Wildman–Crippen LogP) is 4.19. The van der Waals surface area contributed by atoms with Gasteiger partial charge in [-0.25, -0.2) is 9.79 Å². The Morgan fingerprint density at radius 1 is 1.29 bits per heavy atom. The maximum atomic E-state index is 11.9. The minimum atomic E-state index is -0.519. The zero-order valence-electron chi connectivity index (χ0n) is 10.9. The second-order valence-electron chi connectivity index (χ2n) is 4.41. The summed E-state index contributed by atoms with van der Waals surface area (Å²) in [4.78, 5) is 16.1. The average molecular weight is 414 g/mol. The average Bonchev–Trinajstić information content (AvgIpc) is 3.00. The number of nitrogens with zero attached hydrogens (tertiary/aromatic N) is 1. The summed E-state index contributed by atoms with van der Waals surface area (Å²) in [5.41, 5.74) is 0.783. The molecule has 2 heterocycles. The molecule has 1 aromatic carbocycles. The number of carbonyl (C=O) groups excluding carboxylic acids is 1. The molecule has 21 heavy (non-hydrogen) atoms. The van der Waals surface area contributed by atoms with Crippen molar-refractivity contribution in [3.05, 3.63) is 61.7 Å². The summed E-state index contributed by atoms with van der Waals surface area (Å²) in [7, 11) is 0. The van der Waals surface area contributed by atoms with Crippen LogP contribution in [0.1, 0.15) is 17.1 Å². The first-order valence-corrected chi connectivity index (χ1v) is 7.53. The van der Waals surface area contributed by atoms with Crippen molar-refractivity contribution in [1.29, 1.82) is 0 Å². The highest BCUT2D eigenvalue weighted by molar-refractivity contribution is 14.1. The molecule has 2 aromatic rings. The van der Waals surface area contributed by atoms with Crippen molar-refractivity contribution < 1.29 is 13.9 Å². The fraction of sp³-hybridized carbons (Fsp3) is 0.0667. The van der Waals surface area contributed by atoms with E-state index in [-0.39, 0.29) is 11.6 Å². The van der Waals surface area contributed by atoms with Crippen molar-refractivity contribution in [2.45, 2.75) is 6.92 Å². The number of benzene rings is 1. The number of rotatable bonds is 2. The SMILES string of the molecule is Cc1ccc(/C=C2\N=C(c3cc(I)ccc3Cl)OC2=O)o1. The van der Waals surface area contributed by atoms with Crippen molar-refractivity contribution in [2.75, 3.05) is 0 Å². The lowest BCUT2D eigenvalue weighted by atomic mass is 10.2. The van der Waals surface area contributed by atoms with Gasteiger partial charge in [0.15, 0.2) is 5.70 Å². The molecule has 1 aromatic heterocycles. The van der Waals surface area contributed by atoms with E-state index in [1.54, 1.807) is 18.2 Å². The first kappa shape index (κ1) is 14.3. The molecule has 0 bridgehead atoms. The quantitative estimate of drug-likeness (QED) is 0.421. The van der Waals surface area contributed by atoms with Gasteiger partial charge in [0.05, 0.1) is 10.6 Å². The highest BCUT2D eigenvalue weighted by atomic mass is 127. The van der Waals surface area contributed by atoms with Crippen LogP contribution in [0.15, 0.2) is 45.4 Å². The molecule has 6 heteroatoms. The van der Waals surface area contributed by atoms with Crippen molar-refractivity contribution in [3.8, 4) is 0 Å². The third kappa shape index (κ3) is 3.03. The number of carbonyl (C=O) groups is 1. The lowest BCUT2D eigenvalue weighted by Crippen LogP contribution is -2.06. The van der Waals surface area contributed by atoms with Gasteiger partial charge in [0, 0.05) is 9.65 Å². The lowest BCUT2D eigenvalue weighted by molar-refractivity contribution is -0.129. The minimum absolute atomic E-state index is 0.189. The van der Waals surface area contributed by atoms with Gasteiger partial charge in [0.2, 0.25) is 5.90 Å². The smallest absolute Gasteiger partial charge is 0.363 e. The molecule has 3 rings (SSSR count). The van der Waals surface area contributed by atoms with Crippen molar-refractivity contribution in [1.82, 2.24) is 0 Å². The second-order valence-corrected chi connectivity index (χ2v) is 6.06. The van der Waals surface area contributed by atoms with Crippen LogP contribution < -0.4 is 0 Å². The molecule has 0 saturated heterocycles. The summed E-state index contributed by atoms with van der Waals surface area (Å²) in [6.45, 7) is 1.83. The number of cyclic esters (lactones) is 1. The van der Waals surface area contributed by atoms with E-state index in [0.29, 0.717) is 16.3 Å². The third-order valence-corrected chi connectivity index (χ3v) is 3.82. The number of hydrogen-bond donors (Lipinski definition) is 0.